The van der Waals surface area contributed by atoms with Crippen molar-refractivity contribution in [1.82, 2.24) is 0 Å². The first-order valence-electron chi connectivity index (χ1n) is 6.11. The summed E-state index contributed by atoms with van der Waals surface area (Å²) in [4.78, 5) is 11.9. The van der Waals surface area contributed by atoms with Crippen LogP contribution in [0, 0.1) is 5.41 Å². The van der Waals surface area contributed by atoms with Gasteiger partial charge in [0.05, 0.1) is 12.0 Å². The van der Waals surface area contributed by atoms with Crippen molar-refractivity contribution in [2.24, 2.45) is 11.1 Å². The number of nitrogens with two attached hydrogens (primary N) is 1. The molecule has 0 amide bonds. The lowest BCUT2D eigenvalue weighted by Gasteiger charge is -2.28. The molecule has 16 heavy (non-hydrogen) atoms. The Kier molecular flexibility index (Phi) is 8.76. The predicted octanol–water partition coefficient (Wildman–Crippen LogP) is 2.44. The molecule has 2 N–H and O–H groups in total. The van der Waals surface area contributed by atoms with Crippen molar-refractivity contribution < 1.29 is 9.53 Å². The van der Waals surface area contributed by atoms with E-state index in [9.17, 15) is 4.79 Å². The van der Waals surface area contributed by atoms with Gasteiger partial charge in [0.1, 0.15) is 0 Å². The number of carbonyl (C=O) groups excluding carboxylic acids is 1. The number of hydrogen-bond acceptors (Lipinski definition) is 4. The monoisotopic (exact) mass is 247 g/mol. The largest absolute Gasteiger partial charge is 0.466 e. The number of thioether (sulfide) groups is 1. The molecule has 0 radical (unpaired) electrons. The Morgan fingerprint density at radius 2 is 2.06 bits per heavy atom. The first-order valence-corrected chi connectivity index (χ1v) is 7.27. The Morgan fingerprint density at radius 1 is 1.38 bits per heavy atom. The number of ether oxygens (including phenoxy) is 1. The Labute approximate surface area is 103 Å². The first-order chi connectivity index (χ1) is 7.66. The third-order valence-electron chi connectivity index (χ3n) is 2.92. The van der Waals surface area contributed by atoms with Crippen LogP contribution in [0.25, 0.3) is 0 Å². The van der Waals surface area contributed by atoms with E-state index in [1.807, 2.05) is 25.6 Å². The number of rotatable bonds is 9. The number of hydrogen-bond donors (Lipinski definition) is 1. The lowest BCUT2D eigenvalue weighted by Crippen LogP contribution is -2.39. The number of carbonyl (C=O) groups is 1. The molecule has 1 unspecified atom stereocenters. The van der Waals surface area contributed by atoms with E-state index in [1.54, 1.807) is 0 Å². The Hall–Kier alpha value is -0.220. The van der Waals surface area contributed by atoms with Crippen LogP contribution in [0.3, 0.4) is 0 Å². The normalized spacial score (nSPS) is 14.5. The van der Waals surface area contributed by atoms with Crippen molar-refractivity contribution in [2.45, 2.75) is 40.0 Å². The summed E-state index contributed by atoms with van der Waals surface area (Å²) in [6.45, 7) is 6.81. The van der Waals surface area contributed by atoms with E-state index in [2.05, 4.69) is 6.92 Å². The molecule has 0 aliphatic rings. The SMILES string of the molecule is CCOC(=O)C(CC)(CN)CCCSCC. The molecule has 0 aromatic carbocycles. The fourth-order valence-electron chi connectivity index (χ4n) is 1.69. The summed E-state index contributed by atoms with van der Waals surface area (Å²) in [7, 11) is 0. The molecule has 4 heteroatoms. The molecule has 0 aliphatic heterocycles. The van der Waals surface area contributed by atoms with Crippen LogP contribution < -0.4 is 5.73 Å². The van der Waals surface area contributed by atoms with Crippen molar-refractivity contribution in [1.29, 1.82) is 0 Å². The Bertz CT molecular complexity index is 193. The van der Waals surface area contributed by atoms with Crippen LogP contribution in [0.1, 0.15) is 40.0 Å². The zero-order chi connectivity index (χ0) is 12.4. The third-order valence-corrected chi connectivity index (χ3v) is 3.91. The van der Waals surface area contributed by atoms with Gasteiger partial charge in [0, 0.05) is 6.54 Å². The van der Waals surface area contributed by atoms with E-state index < -0.39 is 5.41 Å². The maximum Gasteiger partial charge on any atom is 0.313 e. The molecule has 0 rings (SSSR count). The second-order valence-corrected chi connectivity index (χ2v) is 5.25. The molecule has 0 saturated heterocycles. The van der Waals surface area contributed by atoms with Gasteiger partial charge in [0.25, 0.3) is 0 Å². The lowest BCUT2D eigenvalue weighted by atomic mass is 9.81. The number of esters is 1. The molecular formula is C12H25NO2S. The second kappa shape index (κ2) is 8.88. The van der Waals surface area contributed by atoms with Crippen LogP contribution in [0.5, 0.6) is 0 Å². The molecule has 3 nitrogen and oxygen atoms in total. The van der Waals surface area contributed by atoms with Crippen LogP contribution in [0.15, 0.2) is 0 Å². The summed E-state index contributed by atoms with van der Waals surface area (Å²) in [5.74, 6) is 2.10. The van der Waals surface area contributed by atoms with Gasteiger partial charge in [-0.05, 0) is 37.7 Å². The van der Waals surface area contributed by atoms with Crippen LogP contribution in [-0.4, -0.2) is 30.6 Å². The first kappa shape index (κ1) is 15.8. The van der Waals surface area contributed by atoms with Crippen LogP contribution >= 0.6 is 11.8 Å². The summed E-state index contributed by atoms with van der Waals surface area (Å²) >= 11 is 1.90. The fraction of sp³-hybridized carbons (Fsp3) is 0.917. The van der Waals surface area contributed by atoms with Gasteiger partial charge >= 0.3 is 5.97 Å². The van der Waals surface area contributed by atoms with Crippen molar-refractivity contribution in [3.63, 3.8) is 0 Å². The zero-order valence-electron chi connectivity index (χ0n) is 10.8. The highest BCUT2D eigenvalue weighted by molar-refractivity contribution is 7.99. The van der Waals surface area contributed by atoms with Gasteiger partial charge in [-0.2, -0.15) is 11.8 Å². The highest BCUT2D eigenvalue weighted by atomic mass is 32.2. The van der Waals surface area contributed by atoms with Gasteiger partial charge in [-0.3, -0.25) is 4.79 Å². The zero-order valence-corrected chi connectivity index (χ0v) is 11.6. The molecule has 0 aromatic heterocycles. The second-order valence-electron chi connectivity index (χ2n) is 3.86. The van der Waals surface area contributed by atoms with Crippen molar-refractivity contribution >= 4 is 17.7 Å². The van der Waals surface area contributed by atoms with E-state index in [1.165, 1.54) is 0 Å². The maximum absolute atomic E-state index is 11.9. The van der Waals surface area contributed by atoms with Crippen molar-refractivity contribution in [2.75, 3.05) is 24.7 Å². The van der Waals surface area contributed by atoms with Gasteiger partial charge in [-0.15, -0.1) is 0 Å². The van der Waals surface area contributed by atoms with Gasteiger partial charge < -0.3 is 10.5 Å². The quantitative estimate of drug-likeness (QED) is 0.502. The summed E-state index contributed by atoms with van der Waals surface area (Å²) in [6.07, 6.45) is 2.63. The molecule has 0 spiro atoms. The molecule has 0 heterocycles. The summed E-state index contributed by atoms with van der Waals surface area (Å²) in [5.41, 5.74) is 5.30. The molecule has 0 aromatic rings. The maximum atomic E-state index is 11.9. The van der Waals surface area contributed by atoms with E-state index >= 15 is 0 Å². The third kappa shape index (κ3) is 4.74. The highest BCUT2D eigenvalue weighted by Crippen LogP contribution is 2.29. The molecule has 0 aliphatic carbocycles. The molecule has 96 valence electrons. The minimum atomic E-state index is -0.454. The predicted molar refractivity (Wildman–Crippen MR) is 70.6 cm³/mol. The standard InChI is InChI=1S/C12H25NO2S/c1-4-12(10-13,11(14)15-5-2)8-7-9-16-6-3/h4-10,13H2,1-3H3. The average molecular weight is 247 g/mol. The highest BCUT2D eigenvalue weighted by Gasteiger charge is 2.36. The molecule has 1 atom stereocenters. The average Bonchev–Trinajstić information content (AvgIpc) is 2.30. The van der Waals surface area contributed by atoms with Gasteiger partial charge in [0.15, 0.2) is 0 Å². The van der Waals surface area contributed by atoms with Crippen LogP contribution in [0.4, 0.5) is 0 Å². The topological polar surface area (TPSA) is 52.3 Å². The molecule has 0 bridgehead atoms. The molecule has 0 fully saturated rings. The van der Waals surface area contributed by atoms with E-state index in [0.29, 0.717) is 13.2 Å². The van der Waals surface area contributed by atoms with Gasteiger partial charge in [0.2, 0.25) is 0 Å². The summed E-state index contributed by atoms with van der Waals surface area (Å²) in [5, 5.41) is 0. The summed E-state index contributed by atoms with van der Waals surface area (Å²) in [6, 6.07) is 0. The Morgan fingerprint density at radius 3 is 2.50 bits per heavy atom. The lowest BCUT2D eigenvalue weighted by molar-refractivity contribution is -0.155. The van der Waals surface area contributed by atoms with E-state index in [4.69, 9.17) is 10.5 Å². The summed E-state index contributed by atoms with van der Waals surface area (Å²) < 4.78 is 5.12. The van der Waals surface area contributed by atoms with Crippen molar-refractivity contribution in [3.05, 3.63) is 0 Å². The van der Waals surface area contributed by atoms with Crippen molar-refractivity contribution in [3.8, 4) is 0 Å². The van der Waals surface area contributed by atoms with E-state index in [0.717, 1.165) is 30.8 Å². The minimum absolute atomic E-state index is 0.124. The molecule has 0 saturated carbocycles. The van der Waals surface area contributed by atoms with Gasteiger partial charge in [-0.25, -0.2) is 0 Å². The van der Waals surface area contributed by atoms with Crippen LogP contribution in [-0.2, 0) is 9.53 Å². The smallest absolute Gasteiger partial charge is 0.313 e. The fourth-order valence-corrected chi connectivity index (χ4v) is 2.33. The van der Waals surface area contributed by atoms with Crippen LogP contribution in [0.2, 0.25) is 0 Å². The molecular weight excluding hydrogens is 222 g/mol. The van der Waals surface area contributed by atoms with E-state index in [-0.39, 0.29) is 5.97 Å². The minimum Gasteiger partial charge on any atom is -0.466 e. The van der Waals surface area contributed by atoms with Gasteiger partial charge in [-0.1, -0.05) is 13.8 Å². The Balaban J connectivity index is 4.26.